The van der Waals surface area contributed by atoms with Gasteiger partial charge < -0.3 is 28.9 Å². The molecule has 3 aromatic carbocycles. The predicted octanol–water partition coefficient (Wildman–Crippen LogP) is 2.88. The molecule has 0 fully saturated rings. The molecule has 130 valence electrons. The number of hydrogen-bond acceptors (Lipinski definition) is 1. The van der Waals surface area contributed by atoms with Crippen molar-refractivity contribution < 1.29 is 28.5 Å². The maximum atomic E-state index is 6.29. The Balaban J connectivity index is 0.00000168. The number of benzene rings is 3. The standard InChI is InChI=1S/C21H15Cl2N2.HI/c1-24-18-5-3-4-14-16-10-12(22)7-9-17(16)25(2)21(20(14)18)15-8-6-13(23)11-19(15)24;/h3-11H,1-2H3;1H/q+1;/p-1. The van der Waals surface area contributed by atoms with Gasteiger partial charge in [0.15, 0.2) is 0 Å². The van der Waals surface area contributed by atoms with Crippen LogP contribution in [-0.2, 0) is 7.05 Å². The first kappa shape index (κ1) is 17.8. The van der Waals surface area contributed by atoms with E-state index in [0.29, 0.717) is 0 Å². The average Bonchev–Trinajstić information content (AvgIpc) is 2.61. The number of nitrogens with zero attached hydrogens (tertiary/aromatic N) is 2. The van der Waals surface area contributed by atoms with Crippen LogP contribution < -0.4 is 33.4 Å². The SMILES string of the molecule is CN1c2ccc(Cl)cc2-c2cccc3c2c1c1ccc(Cl)cc1[n+]3C.[I-]. The fraction of sp³-hybridized carbons (Fsp3) is 0.0952. The highest BCUT2D eigenvalue weighted by Gasteiger charge is 2.29. The van der Waals surface area contributed by atoms with E-state index in [1.165, 1.54) is 33.1 Å². The molecule has 0 amide bonds. The van der Waals surface area contributed by atoms with Crippen LogP contribution in [0.1, 0.15) is 0 Å². The van der Waals surface area contributed by atoms with Crippen molar-refractivity contribution in [2.24, 2.45) is 7.05 Å². The summed E-state index contributed by atoms with van der Waals surface area (Å²) in [6.45, 7) is 0. The maximum absolute atomic E-state index is 6.29. The Morgan fingerprint density at radius 3 is 2.38 bits per heavy atom. The van der Waals surface area contributed by atoms with Crippen LogP contribution in [0.25, 0.3) is 32.9 Å². The molecular weight excluding hydrogens is 478 g/mol. The second kappa shape index (κ2) is 6.25. The molecule has 26 heavy (non-hydrogen) atoms. The van der Waals surface area contributed by atoms with Gasteiger partial charge in [-0.15, -0.1) is 0 Å². The molecule has 0 bridgehead atoms. The van der Waals surface area contributed by atoms with E-state index < -0.39 is 0 Å². The minimum atomic E-state index is 0. The normalized spacial score (nSPS) is 12.2. The number of hydrogen-bond donors (Lipinski definition) is 0. The van der Waals surface area contributed by atoms with Crippen molar-refractivity contribution in [1.82, 2.24) is 0 Å². The number of rotatable bonds is 0. The second-order valence-electron chi connectivity index (χ2n) is 6.49. The van der Waals surface area contributed by atoms with E-state index in [1.54, 1.807) is 0 Å². The van der Waals surface area contributed by atoms with Crippen molar-refractivity contribution >= 4 is 56.4 Å². The number of anilines is 2. The third-order valence-electron chi connectivity index (χ3n) is 5.16. The molecule has 0 unspecified atom stereocenters. The van der Waals surface area contributed by atoms with Crippen molar-refractivity contribution in [3.05, 3.63) is 64.6 Å². The van der Waals surface area contributed by atoms with Crippen LogP contribution in [0.15, 0.2) is 54.6 Å². The van der Waals surface area contributed by atoms with Crippen LogP contribution in [0.5, 0.6) is 0 Å². The molecule has 1 aliphatic heterocycles. The van der Waals surface area contributed by atoms with Crippen LogP contribution in [0.4, 0.5) is 11.4 Å². The van der Waals surface area contributed by atoms with Gasteiger partial charge in [-0.3, -0.25) is 0 Å². The summed E-state index contributed by atoms with van der Waals surface area (Å²) in [7, 11) is 4.21. The first-order valence-corrected chi connectivity index (χ1v) is 8.89. The van der Waals surface area contributed by atoms with Crippen LogP contribution in [0.2, 0.25) is 10.0 Å². The first-order valence-electron chi connectivity index (χ1n) is 8.14. The van der Waals surface area contributed by atoms with Crippen molar-refractivity contribution in [1.29, 1.82) is 0 Å². The molecule has 5 heteroatoms. The lowest BCUT2D eigenvalue weighted by atomic mass is 9.91. The van der Waals surface area contributed by atoms with E-state index in [0.717, 1.165) is 21.2 Å². The topological polar surface area (TPSA) is 7.12 Å². The zero-order valence-corrected chi connectivity index (χ0v) is 17.9. The molecule has 0 spiro atoms. The van der Waals surface area contributed by atoms with Crippen LogP contribution in [0.3, 0.4) is 0 Å². The minimum Gasteiger partial charge on any atom is -1.00 e. The molecule has 0 N–H and O–H groups in total. The zero-order valence-electron chi connectivity index (χ0n) is 14.2. The average molecular weight is 493 g/mol. The van der Waals surface area contributed by atoms with E-state index in [1.807, 2.05) is 18.2 Å². The van der Waals surface area contributed by atoms with Gasteiger partial charge in [0.2, 0.25) is 11.0 Å². The van der Waals surface area contributed by atoms with E-state index in [9.17, 15) is 0 Å². The summed E-state index contributed by atoms with van der Waals surface area (Å²) < 4.78 is 2.22. The van der Waals surface area contributed by atoms with Gasteiger partial charge >= 0.3 is 0 Å². The van der Waals surface area contributed by atoms with Crippen LogP contribution >= 0.6 is 23.2 Å². The Labute approximate surface area is 179 Å². The first-order chi connectivity index (χ1) is 12.1. The quantitative estimate of drug-likeness (QED) is 0.208. The molecule has 1 aliphatic rings. The largest absolute Gasteiger partial charge is 1.00 e. The highest BCUT2D eigenvalue weighted by Crippen LogP contribution is 2.49. The monoisotopic (exact) mass is 492 g/mol. The van der Waals surface area contributed by atoms with E-state index >= 15 is 0 Å². The van der Waals surface area contributed by atoms with Crippen molar-refractivity contribution in [3.63, 3.8) is 0 Å². The lowest BCUT2D eigenvalue weighted by Crippen LogP contribution is -3.00. The molecule has 0 radical (unpaired) electrons. The fourth-order valence-electron chi connectivity index (χ4n) is 4.03. The molecule has 1 aromatic heterocycles. The van der Waals surface area contributed by atoms with Gasteiger partial charge in [0, 0.05) is 40.5 Å². The highest BCUT2D eigenvalue weighted by molar-refractivity contribution is 6.32. The Hall–Kier alpha value is -1.56. The second-order valence-corrected chi connectivity index (χ2v) is 7.36. The molecule has 0 saturated heterocycles. The molecule has 2 heterocycles. The minimum absolute atomic E-state index is 0. The molecule has 0 atom stereocenters. The zero-order chi connectivity index (χ0) is 17.3. The Bertz CT molecular complexity index is 1200. The summed E-state index contributed by atoms with van der Waals surface area (Å²) in [6, 6.07) is 18.6. The Morgan fingerprint density at radius 1 is 0.846 bits per heavy atom. The summed E-state index contributed by atoms with van der Waals surface area (Å²) in [4.78, 5) is 2.26. The molecule has 2 nitrogen and oxygen atoms in total. The lowest BCUT2D eigenvalue weighted by molar-refractivity contribution is -0.617. The smallest absolute Gasteiger partial charge is 0.216 e. The van der Waals surface area contributed by atoms with Crippen molar-refractivity contribution in [2.45, 2.75) is 0 Å². The van der Waals surface area contributed by atoms with Gasteiger partial charge in [-0.05, 0) is 35.9 Å². The predicted molar refractivity (Wildman–Crippen MR) is 106 cm³/mol. The molecule has 0 saturated carbocycles. The van der Waals surface area contributed by atoms with Gasteiger partial charge in [-0.25, -0.2) is 0 Å². The molecular formula is C21H15Cl2IN2. The van der Waals surface area contributed by atoms with Gasteiger partial charge in [0.1, 0.15) is 7.05 Å². The lowest BCUT2D eigenvalue weighted by Gasteiger charge is -2.30. The number of aryl methyl sites for hydroxylation is 1. The van der Waals surface area contributed by atoms with E-state index in [-0.39, 0.29) is 24.0 Å². The molecule has 4 aromatic rings. The number of fused-ring (bicyclic) bond motifs is 4. The van der Waals surface area contributed by atoms with Gasteiger partial charge in [-0.2, -0.15) is 4.57 Å². The van der Waals surface area contributed by atoms with Crippen molar-refractivity contribution in [2.75, 3.05) is 11.9 Å². The summed E-state index contributed by atoms with van der Waals surface area (Å²) >= 11 is 12.6. The van der Waals surface area contributed by atoms with Gasteiger partial charge in [-0.1, -0.05) is 35.3 Å². The Morgan fingerprint density at radius 2 is 1.58 bits per heavy atom. The third kappa shape index (κ3) is 2.34. The number of pyridine rings is 1. The number of aromatic nitrogens is 1. The van der Waals surface area contributed by atoms with Crippen LogP contribution in [0, 0.1) is 0 Å². The maximum Gasteiger partial charge on any atom is 0.216 e. The summed E-state index contributed by atoms with van der Waals surface area (Å²) in [5, 5.41) is 3.94. The van der Waals surface area contributed by atoms with Crippen molar-refractivity contribution in [3.8, 4) is 11.1 Å². The van der Waals surface area contributed by atoms with E-state index in [4.69, 9.17) is 23.2 Å². The highest BCUT2D eigenvalue weighted by atomic mass is 127. The molecule has 0 aliphatic carbocycles. The Kier molecular flexibility index (Phi) is 4.29. The number of halogens is 3. The fourth-order valence-corrected chi connectivity index (χ4v) is 4.36. The third-order valence-corrected chi connectivity index (χ3v) is 5.63. The summed E-state index contributed by atoms with van der Waals surface area (Å²) in [5.74, 6) is 0. The van der Waals surface area contributed by atoms with Gasteiger partial charge in [0.05, 0.1) is 16.5 Å². The van der Waals surface area contributed by atoms with Gasteiger partial charge in [0.25, 0.3) is 0 Å². The summed E-state index contributed by atoms with van der Waals surface area (Å²) in [5.41, 5.74) is 7.06. The summed E-state index contributed by atoms with van der Waals surface area (Å²) in [6.07, 6.45) is 0. The van der Waals surface area contributed by atoms with Crippen LogP contribution in [-0.4, -0.2) is 7.05 Å². The molecule has 5 rings (SSSR count). The van der Waals surface area contributed by atoms with E-state index in [2.05, 4.69) is 60.0 Å².